The lowest BCUT2D eigenvalue weighted by Crippen LogP contribution is -2.30. The summed E-state index contributed by atoms with van der Waals surface area (Å²) in [5, 5.41) is 9.50. The molecule has 2 rings (SSSR count). The molecule has 1 saturated heterocycles. The summed E-state index contributed by atoms with van der Waals surface area (Å²) < 4.78 is 5.35. The summed E-state index contributed by atoms with van der Waals surface area (Å²) in [6.07, 6.45) is 3.48. The fourth-order valence-electron chi connectivity index (χ4n) is 3.09. The zero-order valence-electron chi connectivity index (χ0n) is 8.68. The van der Waals surface area contributed by atoms with E-state index in [1.165, 1.54) is 6.42 Å². The minimum atomic E-state index is 0.233. The molecule has 76 valence electrons. The Kier molecular flexibility index (Phi) is 2.16. The van der Waals surface area contributed by atoms with Gasteiger partial charge in [0.2, 0.25) is 0 Å². The van der Waals surface area contributed by atoms with E-state index in [1.54, 1.807) is 0 Å². The molecule has 0 aromatic heterocycles. The second-order valence-electron chi connectivity index (χ2n) is 5.26. The van der Waals surface area contributed by atoms with Gasteiger partial charge in [-0.25, -0.2) is 0 Å². The van der Waals surface area contributed by atoms with Crippen LogP contribution in [-0.2, 0) is 4.74 Å². The Bertz CT molecular complexity index is 194. The topological polar surface area (TPSA) is 29.5 Å². The van der Waals surface area contributed by atoms with E-state index in [4.69, 9.17) is 4.74 Å². The Labute approximate surface area is 80.3 Å². The number of aliphatic hydroxyl groups excluding tert-OH is 1. The SMILES string of the molecule is CC1(C)CC1(CO)C1CCOCC1. The van der Waals surface area contributed by atoms with E-state index in [0.717, 1.165) is 26.1 Å². The molecule has 1 atom stereocenters. The van der Waals surface area contributed by atoms with Gasteiger partial charge in [-0.05, 0) is 30.6 Å². The van der Waals surface area contributed by atoms with Gasteiger partial charge in [0.25, 0.3) is 0 Å². The van der Waals surface area contributed by atoms with Crippen LogP contribution in [0.5, 0.6) is 0 Å². The van der Waals surface area contributed by atoms with Gasteiger partial charge in [0, 0.05) is 25.2 Å². The van der Waals surface area contributed by atoms with E-state index in [2.05, 4.69) is 13.8 Å². The third-order valence-electron chi connectivity index (χ3n) is 4.27. The molecule has 0 aromatic carbocycles. The molecule has 13 heavy (non-hydrogen) atoms. The molecule has 1 N–H and O–H groups in total. The van der Waals surface area contributed by atoms with Gasteiger partial charge in [-0.2, -0.15) is 0 Å². The second kappa shape index (κ2) is 2.96. The van der Waals surface area contributed by atoms with Crippen molar-refractivity contribution in [1.82, 2.24) is 0 Å². The molecule has 0 aromatic rings. The molecule has 0 spiro atoms. The van der Waals surface area contributed by atoms with Crippen LogP contribution in [0.1, 0.15) is 33.1 Å². The molecule has 1 saturated carbocycles. The van der Waals surface area contributed by atoms with Crippen molar-refractivity contribution >= 4 is 0 Å². The van der Waals surface area contributed by atoms with Crippen molar-refractivity contribution in [3.63, 3.8) is 0 Å². The van der Waals surface area contributed by atoms with E-state index >= 15 is 0 Å². The van der Waals surface area contributed by atoms with Gasteiger partial charge in [0.05, 0.1) is 0 Å². The van der Waals surface area contributed by atoms with Gasteiger partial charge in [0.1, 0.15) is 0 Å². The molecule has 2 nitrogen and oxygen atoms in total. The minimum absolute atomic E-state index is 0.233. The van der Waals surface area contributed by atoms with Gasteiger partial charge in [-0.3, -0.25) is 0 Å². The highest BCUT2D eigenvalue weighted by molar-refractivity contribution is 5.12. The lowest BCUT2D eigenvalue weighted by Gasteiger charge is -2.32. The smallest absolute Gasteiger partial charge is 0.0495 e. The van der Waals surface area contributed by atoms with Crippen LogP contribution in [0.25, 0.3) is 0 Å². The lowest BCUT2D eigenvalue weighted by molar-refractivity contribution is 0.0131. The first kappa shape index (κ1) is 9.47. The van der Waals surface area contributed by atoms with E-state index in [9.17, 15) is 5.11 Å². The summed E-state index contributed by atoms with van der Waals surface area (Å²) in [6, 6.07) is 0. The molecule has 1 heterocycles. The van der Waals surface area contributed by atoms with Gasteiger partial charge in [0.15, 0.2) is 0 Å². The van der Waals surface area contributed by atoms with Crippen molar-refractivity contribution in [2.45, 2.75) is 33.1 Å². The Balaban J connectivity index is 2.05. The van der Waals surface area contributed by atoms with Crippen LogP contribution in [0.2, 0.25) is 0 Å². The fraction of sp³-hybridized carbons (Fsp3) is 1.00. The molecule has 1 unspecified atom stereocenters. The fourth-order valence-corrected chi connectivity index (χ4v) is 3.09. The van der Waals surface area contributed by atoms with Gasteiger partial charge in [-0.15, -0.1) is 0 Å². The third kappa shape index (κ3) is 1.31. The maximum absolute atomic E-state index is 9.50. The quantitative estimate of drug-likeness (QED) is 0.709. The molecule has 0 radical (unpaired) electrons. The van der Waals surface area contributed by atoms with Gasteiger partial charge >= 0.3 is 0 Å². The number of ether oxygens (including phenoxy) is 1. The molecule has 0 bridgehead atoms. The van der Waals surface area contributed by atoms with Crippen molar-refractivity contribution in [3.8, 4) is 0 Å². The predicted octanol–water partition coefficient (Wildman–Crippen LogP) is 1.82. The highest BCUT2D eigenvalue weighted by atomic mass is 16.5. The average molecular weight is 184 g/mol. The van der Waals surface area contributed by atoms with Gasteiger partial charge < -0.3 is 9.84 Å². The summed E-state index contributed by atoms with van der Waals surface area (Å²) in [5.41, 5.74) is 0.598. The van der Waals surface area contributed by atoms with Crippen molar-refractivity contribution in [2.24, 2.45) is 16.7 Å². The van der Waals surface area contributed by atoms with Crippen LogP contribution in [0.15, 0.2) is 0 Å². The molecular formula is C11H20O2. The molecule has 2 aliphatic rings. The Morgan fingerprint density at radius 3 is 2.23 bits per heavy atom. The maximum Gasteiger partial charge on any atom is 0.0495 e. The molecule has 1 aliphatic heterocycles. The van der Waals surface area contributed by atoms with Crippen molar-refractivity contribution in [1.29, 1.82) is 0 Å². The first-order valence-electron chi connectivity index (χ1n) is 5.31. The maximum atomic E-state index is 9.50. The van der Waals surface area contributed by atoms with Crippen LogP contribution in [0.4, 0.5) is 0 Å². The summed E-state index contributed by atoms with van der Waals surface area (Å²) >= 11 is 0. The monoisotopic (exact) mass is 184 g/mol. The van der Waals surface area contributed by atoms with E-state index in [1.807, 2.05) is 0 Å². The molecule has 2 fully saturated rings. The number of aliphatic hydroxyl groups is 1. The average Bonchev–Trinajstić information content (AvgIpc) is 2.72. The highest BCUT2D eigenvalue weighted by Crippen LogP contribution is 2.68. The lowest BCUT2D eigenvalue weighted by atomic mass is 9.78. The largest absolute Gasteiger partial charge is 0.396 e. The first-order chi connectivity index (χ1) is 6.12. The Morgan fingerprint density at radius 2 is 1.85 bits per heavy atom. The minimum Gasteiger partial charge on any atom is -0.396 e. The van der Waals surface area contributed by atoms with Crippen LogP contribution >= 0.6 is 0 Å². The van der Waals surface area contributed by atoms with E-state index < -0.39 is 0 Å². The Hall–Kier alpha value is -0.0800. The molecular weight excluding hydrogens is 164 g/mol. The number of rotatable bonds is 2. The summed E-state index contributed by atoms with van der Waals surface area (Å²) in [6.45, 7) is 6.70. The van der Waals surface area contributed by atoms with Crippen LogP contribution < -0.4 is 0 Å². The molecule has 2 heteroatoms. The van der Waals surface area contributed by atoms with Crippen LogP contribution in [0, 0.1) is 16.7 Å². The number of hydrogen-bond donors (Lipinski definition) is 1. The third-order valence-corrected chi connectivity index (χ3v) is 4.27. The molecule has 0 amide bonds. The summed E-state index contributed by atoms with van der Waals surface area (Å²) in [5.74, 6) is 0.696. The summed E-state index contributed by atoms with van der Waals surface area (Å²) in [7, 11) is 0. The zero-order valence-corrected chi connectivity index (χ0v) is 8.68. The summed E-state index contributed by atoms with van der Waals surface area (Å²) in [4.78, 5) is 0. The second-order valence-corrected chi connectivity index (χ2v) is 5.26. The van der Waals surface area contributed by atoms with Crippen molar-refractivity contribution in [3.05, 3.63) is 0 Å². The first-order valence-corrected chi connectivity index (χ1v) is 5.31. The standard InChI is InChI=1S/C11H20O2/c1-10(2)7-11(10,8-12)9-3-5-13-6-4-9/h9,12H,3-8H2,1-2H3. The van der Waals surface area contributed by atoms with Crippen molar-refractivity contribution < 1.29 is 9.84 Å². The van der Waals surface area contributed by atoms with Crippen molar-refractivity contribution in [2.75, 3.05) is 19.8 Å². The molecule has 1 aliphatic carbocycles. The van der Waals surface area contributed by atoms with Gasteiger partial charge in [-0.1, -0.05) is 13.8 Å². The zero-order chi connectivity index (χ0) is 9.53. The van der Waals surface area contributed by atoms with E-state index in [-0.39, 0.29) is 5.41 Å². The normalized spacial score (nSPS) is 39.0. The van der Waals surface area contributed by atoms with Crippen LogP contribution in [-0.4, -0.2) is 24.9 Å². The predicted molar refractivity (Wildman–Crippen MR) is 51.5 cm³/mol. The number of hydrogen-bond acceptors (Lipinski definition) is 2. The van der Waals surface area contributed by atoms with Crippen LogP contribution in [0.3, 0.4) is 0 Å². The Morgan fingerprint density at radius 1 is 1.31 bits per heavy atom. The van der Waals surface area contributed by atoms with E-state index in [0.29, 0.717) is 17.9 Å². The highest BCUT2D eigenvalue weighted by Gasteiger charge is 2.64.